The first-order valence-electron chi connectivity index (χ1n) is 9.46. The quantitative estimate of drug-likeness (QED) is 0.793. The number of para-hydroxylation sites is 1. The topological polar surface area (TPSA) is 41.6 Å². The fraction of sp³-hybridized carbons (Fsp3) is 0.476. The third-order valence-corrected chi connectivity index (χ3v) is 5.87. The highest BCUT2D eigenvalue weighted by Gasteiger charge is 2.23. The van der Waals surface area contributed by atoms with Gasteiger partial charge in [-0.1, -0.05) is 37.1 Å². The molecular weight excluding hydrogens is 344 g/mol. The summed E-state index contributed by atoms with van der Waals surface area (Å²) in [4.78, 5) is 16.2. The molecule has 2 aromatic rings. The van der Waals surface area contributed by atoms with E-state index in [1.165, 1.54) is 30.6 Å². The molecule has 1 aliphatic rings. The highest BCUT2D eigenvalue weighted by atomic mass is 32.1. The maximum atomic E-state index is 12.3. The Hall–Kier alpha value is -1.85. The van der Waals surface area contributed by atoms with Crippen molar-refractivity contribution in [3.05, 3.63) is 52.2 Å². The SMILES string of the molecule is Cc1ccccc1OCC(=O)NC[C@H](c1cccs1)N1CCCCCC1. The number of nitrogens with one attached hydrogen (secondary N) is 1. The number of aryl methyl sites for hydroxylation is 1. The van der Waals surface area contributed by atoms with Crippen molar-refractivity contribution in [3.8, 4) is 5.75 Å². The fourth-order valence-electron chi connectivity index (χ4n) is 3.42. The second kappa shape index (κ2) is 9.74. The zero-order valence-electron chi connectivity index (χ0n) is 15.4. The van der Waals surface area contributed by atoms with E-state index < -0.39 is 0 Å². The van der Waals surface area contributed by atoms with Gasteiger partial charge in [0.1, 0.15) is 5.75 Å². The maximum absolute atomic E-state index is 12.3. The van der Waals surface area contributed by atoms with Gasteiger partial charge in [-0.3, -0.25) is 9.69 Å². The van der Waals surface area contributed by atoms with Crippen LogP contribution in [0.2, 0.25) is 0 Å². The monoisotopic (exact) mass is 372 g/mol. The van der Waals surface area contributed by atoms with E-state index in [0.717, 1.165) is 24.4 Å². The molecule has 0 aliphatic carbocycles. The zero-order valence-corrected chi connectivity index (χ0v) is 16.3. The molecule has 140 valence electrons. The van der Waals surface area contributed by atoms with E-state index in [0.29, 0.717) is 6.54 Å². The van der Waals surface area contributed by atoms with Crippen molar-refractivity contribution >= 4 is 17.2 Å². The Morgan fingerprint density at radius 1 is 1.15 bits per heavy atom. The number of hydrogen-bond donors (Lipinski definition) is 1. The summed E-state index contributed by atoms with van der Waals surface area (Å²) in [5, 5.41) is 5.19. The summed E-state index contributed by atoms with van der Waals surface area (Å²) in [7, 11) is 0. The van der Waals surface area contributed by atoms with Crippen LogP contribution in [0.3, 0.4) is 0 Å². The van der Waals surface area contributed by atoms with Gasteiger partial charge in [0.2, 0.25) is 0 Å². The highest BCUT2D eigenvalue weighted by Crippen LogP contribution is 2.27. The minimum Gasteiger partial charge on any atom is -0.484 e. The third kappa shape index (κ3) is 5.32. The van der Waals surface area contributed by atoms with Crippen molar-refractivity contribution in [1.29, 1.82) is 0 Å². The molecule has 1 aromatic carbocycles. The standard InChI is InChI=1S/C21H28N2O2S/c1-17-9-4-5-10-19(17)25-16-21(24)22-15-18(20-11-8-14-26-20)23-12-6-2-3-7-13-23/h4-5,8-11,14,18H,2-3,6-7,12-13,15-16H2,1H3,(H,22,24)/t18-/m1/s1. The van der Waals surface area contributed by atoms with Crippen LogP contribution in [0.5, 0.6) is 5.75 Å². The lowest BCUT2D eigenvalue weighted by molar-refractivity contribution is -0.123. The fourth-order valence-corrected chi connectivity index (χ4v) is 4.28. The van der Waals surface area contributed by atoms with Gasteiger partial charge in [-0.2, -0.15) is 0 Å². The normalized spacial score (nSPS) is 16.7. The average molecular weight is 373 g/mol. The predicted molar refractivity (Wildman–Crippen MR) is 107 cm³/mol. The van der Waals surface area contributed by atoms with E-state index in [2.05, 4.69) is 27.7 Å². The average Bonchev–Trinajstić information content (AvgIpc) is 3.04. The largest absolute Gasteiger partial charge is 0.484 e. The highest BCUT2D eigenvalue weighted by molar-refractivity contribution is 7.10. The number of carbonyl (C=O) groups excluding carboxylic acids is 1. The number of hydrogen-bond acceptors (Lipinski definition) is 4. The molecule has 0 unspecified atom stereocenters. The van der Waals surface area contributed by atoms with Gasteiger partial charge in [-0.15, -0.1) is 11.3 Å². The Bertz CT molecular complexity index is 679. The molecule has 2 heterocycles. The molecule has 26 heavy (non-hydrogen) atoms. The number of carbonyl (C=O) groups is 1. The second-order valence-corrected chi connectivity index (χ2v) is 7.82. The molecule has 1 atom stereocenters. The van der Waals surface area contributed by atoms with Crippen LogP contribution >= 0.6 is 11.3 Å². The first kappa shape index (κ1) is 18.9. The van der Waals surface area contributed by atoms with Gasteiger partial charge in [-0.25, -0.2) is 0 Å². The molecule has 1 aromatic heterocycles. The second-order valence-electron chi connectivity index (χ2n) is 6.84. The van der Waals surface area contributed by atoms with Crippen LogP contribution in [0.1, 0.15) is 42.2 Å². The van der Waals surface area contributed by atoms with Gasteiger partial charge >= 0.3 is 0 Å². The number of amides is 1. The van der Waals surface area contributed by atoms with Gasteiger partial charge in [0.05, 0.1) is 6.04 Å². The first-order valence-corrected chi connectivity index (χ1v) is 10.3. The number of thiophene rings is 1. The van der Waals surface area contributed by atoms with Gasteiger partial charge < -0.3 is 10.1 Å². The lowest BCUT2D eigenvalue weighted by atomic mass is 10.2. The van der Waals surface area contributed by atoms with E-state index in [4.69, 9.17) is 4.74 Å². The Morgan fingerprint density at radius 3 is 2.62 bits per heavy atom. The Kier molecular flexibility index (Phi) is 7.09. The molecule has 0 spiro atoms. The molecule has 0 radical (unpaired) electrons. The van der Waals surface area contributed by atoms with E-state index in [1.54, 1.807) is 11.3 Å². The molecule has 1 aliphatic heterocycles. The van der Waals surface area contributed by atoms with E-state index in [1.807, 2.05) is 31.2 Å². The summed E-state index contributed by atoms with van der Waals surface area (Å²) in [6.07, 6.45) is 5.10. The van der Waals surface area contributed by atoms with Crippen LogP contribution in [0.25, 0.3) is 0 Å². The molecule has 1 amide bonds. The molecule has 1 fully saturated rings. The van der Waals surface area contributed by atoms with Crippen molar-refractivity contribution in [2.45, 2.75) is 38.6 Å². The summed E-state index contributed by atoms with van der Waals surface area (Å²) in [5.41, 5.74) is 1.04. The molecular formula is C21H28N2O2S. The summed E-state index contributed by atoms with van der Waals surface area (Å²) in [6, 6.07) is 12.3. The number of ether oxygens (including phenoxy) is 1. The molecule has 5 heteroatoms. The van der Waals surface area contributed by atoms with Crippen LogP contribution < -0.4 is 10.1 Å². The Morgan fingerprint density at radius 2 is 1.92 bits per heavy atom. The van der Waals surface area contributed by atoms with E-state index in [-0.39, 0.29) is 18.6 Å². The van der Waals surface area contributed by atoms with Crippen molar-refractivity contribution in [3.63, 3.8) is 0 Å². The van der Waals surface area contributed by atoms with Gasteiger partial charge in [-0.05, 0) is 55.9 Å². The van der Waals surface area contributed by atoms with Crippen LogP contribution in [0.15, 0.2) is 41.8 Å². The Labute approximate surface area is 160 Å². The molecule has 0 bridgehead atoms. The summed E-state index contributed by atoms with van der Waals surface area (Å²) in [5.74, 6) is 0.703. The minimum absolute atomic E-state index is 0.0576. The van der Waals surface area contributed by atoms with Crippen molar-refractivity contribution < 1.29 is 9.53 Å². The minimum atomic E-state index is -0.0652. The number of nitrogens with zero attached hydrogens (tertiary/aromatic N) is 1. The smallest absolute Gasteiger partial charge is 0.258 e. The van der Waals surface area contributed by atoms with Crippen molar-refractivity contribution in [2.75, 3.05) is 26.2 Å². The van der Waals surface area contributed by atoms with E-state index in [9.17, 15) is 4.79 Å². The Balaban J connectivity index is 1.55. The summed E-state index contributed by atoms with van der Waals surface area (Å²) in [6.45, 7) is 4.90. The van der Waals surface area contributed by atoms with Crippen molar-refractivity contribution in [1.82, 2.24) is 10.2 Å². The predicted octanol–water partition coefficient (Wildman–Crippen LogP) is 4.17. The molecule has 1 saturated heterocycles. The van der Waals surface area contributed by atoms with Crippen molar-refractivity contribution in [2.24, 2.45) is 0 Å². The summed E-state index contributed by atoms with van der Waals surface area (Å²) >= 11 is 1.77. The lowest BCUT2D eigenvalue weighted by Gasteiger charge is -2.30. The van der Waals surface area contributed by atoms with Crippen LogP contribution in [0.4, 0.5) is 0 Å². The lowest BCUT2D eigenvalue weighted by Crippen LogP contribution is -2.39. The molecule has 4 nitrogen and oxygen atoms in total. The molecule has 3 rings (SSSR count). The first-order chi connectivity index (χ1) is 12.7. The number of rotatable bonds is 7. The van der Waals surface area contributed by atoms with Crippen LogP contribution in [-0.4, -0.2) is 37.0 Å². The number of benzene rings is 1. The number of likely N-dealkylation sites (tertiary alicyclic amines) is 1. The molecule has 0 saturated carbocycles. The third-order valence-electron chi connectivity index (χ3n) is 4.90. The van der Waals surface area contributed by atoms with Crippen LogP contribution in [-0.2, 0) is 4.79 Å². The van der Waals surface area contributed by atoms with Gasteiger partial charge in [0.25, 0.3) is 5.91 Å². The molecule has 1 N–H and O–H groups in total. The van der Waals surface area contributed by atoms with Gasteiger partial charge in [0.15, 0.2) is 6.61 Å². The van der Waals surface area contributed by atoms with Crippen LogP contribution in [0, 0.1) is 6.92 Å². The van der Waals surface area contributed by atoms with E-state index >= 15 is 0 Å². The summed E-state index contributed by atoms with van der Waals surface area (Å²) < 4.78 is 5.66. The zero-order chi connectivity index (χ0) is 18.2. The van der Waals surface area contributed by atoms with Gasteiger partial charge in [0, 0.05) is 11.4 Å². The maximum Gasteiger partial charge on any atom is 0.258 e.